The normalized spacial score (nSPS) is 15.6. The minimum absolute atomic E-state index is 0.00372. The van der Waals surface area contributed by atoms with E-state index < -0.39 is 0 Å². The molecule has 11 aromatic carbocycles. The molecule has 0 aliphatic heterocycles. The second kappa shape index (κ2) is 19.0. The smallest absolute Gasteiger partial charge is 0.164 e. The summed E-state index contributed by atoms with van der Waals surface area (Å²) < 4.78 is 0. The molecular formula is C80H56N6. The number of hydrogen-bond donors (Lipinski definition) is 0. The number of fused-ring (bicyclic) bond motifs is 6. The van der Waals surface area contributed by atoms with Crippen LogP contribution in [0.2, 0.25) is 0 Å². The minimum atomic E-state index is -0.0777. The van der Waals surface area contributed by atoms with Gasteiger partial charge < -0.3 is 0 Å². The average Bonchev–Trinajstić information content (AvgIpc) is 1.06. The van der Waals surface area contributed by atoms with Crippen LogP contribution in [0.25, 0.3) is 113 Å². The van der Waals surface area contributed by atoms with E-state index in [1.165, 1.54) is 89.0 Å². The number of aromatic nitrogens is 6. The summed E-state index contributed by atoms with van der Waals surface area (Å²) in [6.07, 6.45) is 0. The molecule has 406 valence electrons. The van der Waals surface area contributed by atoms with Crippen molar-refractivity contribution in [3.63, 3.8) is 0 Å². The lowest BCUT2D eigenvalue weighted by Crippen LogP contribution is -2.27. The molecule has 2 aromatic heterocycles. The van der Waals surface area contributed by atoms with Crippen molar-refractivity contribution in [3.05, 3.63) is 310 Å². The first-order valence-corrected chi connectivity index (χ1v) is 29.8. The lowest BCUT2D eigenvalue weighted by Gasteiger charge is -2.42. The highest BCUT2D eigenvalue weighted by molar-refractivity contribution is 5.86. The largest absolute Gasteiger partial charge is 0.208 e. The van der Waals surface area contributed by atoms with Gasteiger partial charge in [0, 0.05) is 56.0 Å². The van der Waals surface area contributed by atoms with Gasteiger partial charge in [0.05, 0.1) is 0 Å². The molecular weight excluding hydrogens is 1040 g/mol. The molecule has 5 aliphatic carbocycles. The second-order valence-electron chi connectivity index (χ2n) is 24.5. The molecule has 0 saturated heterocycles. The summed E-state index contributed by atoms with van der Waals surface area (Å²) in [6, 6.07) is 92.0. The van der Waals surface area contributed by atoms with Crippen molar-refractivity contribution in [2.24, 2.45) is 0 Å². The fourth-order valence-corrected chi connectivity index (χ4v) is 14.6. The maximum absolute atomic E-state index is 5.29. The van der Waals surface area contributed by atoms with Gasteiger partial charge in [-0.2, -0.15) is 0 Å². The molecule has 18 rings (SSSR count). The average molecular weight is 1100 g/mol. The van der Waals surface area contributed by atoms with Gasteiger partial charge in [-0.05, 0) is 124 Å². The molecule has 86 heavy (non-hydrogen) atoms. The Bertz CT molecular complexity index is 4620. The third-order valence-electron chi connectivity index (χ3n) is 19.0. The van der Waals surface area contributed by atoms with Gasteiger partial charge in [0.2, 0.25) is 0 Å². The van der Waals surface area contributed by atoms with Crippen LogP contribution in [0.1, 0.15) is 95.2 Å². The fraction of sp³-hybridized carbons (Fsp3) is 0.100. The van der Waals surface area contributed by atoms with Gasteiger partial charge in [-0.15, -0.1) is 0 Å². The van der Waals surface area contributed by atoms with Crippen LogP contribution in [0.4, 0.5) is 0 Å². The molecule has 0 N–H and O–H groups in total. The Morgan fingerprint density at radius 1 is 0.209 bits per heavy atom. The van der Waals surface area contributed by atoms with E-state index in [-0.39, 0.29) is 22.7 Å². The van der Waals surface area contributed by atoms with Gasteiger partial charge in [-0.3, -0.25) is 0 Å². The number of rotatable bonds is 8. The van der Waals surface area contributed by atoms with Crippen LogP contribution < -0.4 is 0 Å². The predicted molar refractivity (Wildman–Crippen MR) is 347 cm³/mol. The minimum Gasteiger partial charge on any atom is -0.208 e. The fourth-order valence-electron chi connectivity index (χ4n) is 14.6. The van der Waals surface area contributed by atoms with E-state index in [2.05, 4.69) is 246 Å². The Kier molecular flexibility index (Phi) is 11.0. The van der Waals surface area contributed by atoms with E-state index in [4.69, 9.17) is 29.9 Å². The highest BCUT2D eigenvalue weighted by Gasteiger charge is 2.42. The standard InChI is InChI=1S/C80H56N6/c1-79(2)67-25-15-13-21-57(67)59-39-35-53(45-69(59)79)47-27-31-51(32-28-47)75-81-73(49-17-7-5-8-18-49)83-77(85-75)55-37-41-63-65(43-55)71-61-23-11-12-24-62(61)72(63)66-44-56(38-42-64(66)71)78-84-74(50-19-9-6-10-20-50)82-76(86-78)52-33-29-48(30-34-52)54-36-40-60-58-22-14-16-26-68(58)80(3,4)70(60)46-54/h5-46,71-72H,1-4H3. The van der Waals surface area contributed by atoms with Crippen molar-refractivity contribution in [2.45, 2.75) is 50.4 Å². The molecule has 0 amide bonds. The molecule has 0 fully saturated rings. The van der Waals surface area contributed by atoms with Crippen LogP contribution in [0, 0.1) is 0 Å². The highest BCUT2D eigenvalue weighted by atomic mass is 15.0. The first-order chi connectivity index (χ1) is 42.1. The maximum Gasteiger partial charge on any atom is 0.164 e. The molecule has 5 aliphatic rings. The number of nitrogens with zero attached hydrogens (tertiary/aromatic N) is 6. The molecule has 0 spiro atoms. The van der Waals surface area contributed by atoms with E-state index in [9.17, 15) is 0 Å². The van der Waals surface area contributed by atoms with Gasteiger partial charge in [-0.25, -0.2) is 29.9 Å². The molecule has 0 radical (unpaired) electrons. The van der Waals surface area contributed by atoms with Crippen LogP contribution in [0.3, 0.4) is 0 Å². The van der Waals surface area contributed by atoms with Crippen molar-refractivity contribution in [2.75, 3.05) is 0 Å². The van der Waals surface area contributed by atoms with Crippen molar-refractivity contribution < 1.29 is 0 Å². The van der Waals surface area contributed by atoms with Crippen LogP contribution in [-0.2, 0) is 10.8 Å². The predicted octanol–water partition coefficient (Wildman–Crippen LogP) is 19.0. The Morgan fingerprint density at radius 3 is 0.884 bits per heavy atom. The molecule has 2 atom stereocenters. The highest BCUT2D eigenvalue weighted by Crippen LogP contribution is 2.57. The molecule has 13 aromatic rings. The van der Waals surface area contributed by atoms with E-state index in [0.717, 1.165) is 44.5 Å². The summed E-state index contributed by atoms with van der Waals surface area (Å²) in [7, 11) is 0. The zero-order chi connectivity index (χ0) is 57.4. The van der Waals surface area contributed by atoms with Crippen molar-refractivity contribution in [3.8, 4) is 113 Å². The van der Waals surface area contributed by atoms with Gasteiger partial charge >= 0.3 is 0 Å². The lowest BCUT2D eigenvalue weighted by atomic mass is 9.61. The molecule has 0 saturated carbocycles. The zero-order valence-electron chi connectivity index (χ0n) is 48.1. The van der Waals surface area contributed by atoms with E-state index in [1.54, 1.807) is 0 Å². The van der Waals surface area contributed by atoms with Crippen molar-refractivity contribution in [1.29, 1.82) is 0 Å². The third kappa shape index (κ3) is 7.79. The Morgan fingerprint density at radius 2 is 0.488 bits per heavy atom. The first-order valence-electron chi connectivity index (χ1n) is 29.8. The maximum atomic E-state index is 5.29. The molecule has 6 heteroatoms. The molecule has 6 nitrogen and oxygen atoms in total. The van der Waals surface area contributed by atoms with Crippen molar-refractivity contribution >= 4 is 0 Å². The number of benzene rings is 11. The summed E-state index contributed by atoms with van der Waals surface area (Å²) >= 11 is 0. The van der Waals surface area contributed by atoms with Crippen molar-refractivity contribution in [1.82, 2.24) is 29.9 Å². The van der Waals surface area contributed by atoms with Gasteiger partial charge in [-0.1, -0.05) is 258 Å². The van der Waals surface area contributed by atoms with Gasteiger partial charge in [0.25, 0.3) is 0 Å². The van der Waals surface area contributed by atoms with E-state index >= 15 is 0 Å². The summed E-state index contributed by atoms with van der Waals surface area (Å²) in [5.74, 6) is 3.81. The topological polar surface area (TPSA) is 77.3 Å². The Balaban J connectivity index is 0.717. The van der Waals surface area contributed by atoms with E-state index in [0.29, 0.717) is 34.9 Å². The van der Waals surface area contributed by atoms with Gasteiger partial charge in [0.15, 0.2) is 34.9 Å². The summed E-state index contributed by atoms with van der Waals surface area (Å²) in [5, 5.41) is 0. The van der Waals surface area contributed by atoms with Crippen LogP contribution in [0.5, 0.6) is 0 Å². The summed E-state index contributed by atoms with van der Waals surface area (Å²) in [6.45, 7) is 9.33. The summed E-state index contributed by atoms with van der Waals surface area (Å²) in [4.78, 5) is 31.4. The van der Waals surface area contributed by atoms with Crippen LogP contribution in [-0.4, -0.2) is 29.9 Å². The second-order valence-corrected chi connectivity index (χ2v) is 24.5. The molecule has 2 bridgehead atoms. The molecule has 2 heterocycles. The Labute approximate surface area is 500 Å². The monoisotopic (exact) mass is 1100 g/mol. The SMILES string of the molecule is CC1(C)c2ccccc2-c2ccc(-c3ccc(-c4nc(-c5ccccc5)nc(-c5ccc6c(c5)C5c7ccccc7C6c6cc(-c7nc(-c8ccccc8)nc(-c8ccc(-c9ccc%10c(c9)C(C)(C)c9ccccc9-%10)cc8)n7)ccc65)n4)cc3)cc21. The third-order valence-corrected chi connectivity index (χ3v) is 19.0. The van der Waals surface area contributed by atoms with E-state index in [1.807, 2.05) is 36.4 Å². The quantitative estimate of drug-likeness (QED) is 0.151. The molecule has 2 unspecified atom stereocenters. The van der Waals surface area contributed by atoms with Gasteiger partial charge in [0.1, 0.15) is 0 Å². The van der Waals surface area contributed by atoms with Crippen LogP contribution >= 0.6 is 0 Å². The van der Waals surface area contributed by atoms with Crippen LogP contribution in [0.15, 0.2) is 255 Å². The summed E-state index contributed by atoms with van der Waals surface area (Å²) in [5.41, 5.74) is 28.7. The Hall–Kier alpha value is -10.6. The zero-order valence-corrected chi connectivity index (χ0v) is 48.1. The first kappa shape index (κ1) is 50.0. The number of hydrogen-bond acceptors (Lipinski definition) is 6. The lowest BCUT2D eigenvalue weighted by molar-refractivity contribution is 0.660.